The van der Waals surface area contributed by atoms with Crippen LogP contribution in [0, 0.1) is 5.92 Å². The average molecular weight is 225 g/mol. The molecule has 0 atom stereocenters. The highest BCUT2D eigenvalue weighted by Gasteiger charge is 2.19. The summed E-state index contributed by atoms with van der Waals surface area (Å²) in [5, 5.41) is 4.23. The molecule has 2 rings (SSSR count). The Kier molecular flexibility index (Phi) is 3.06. The SMILES string of the molecule is CC(C)CN1CCNc2cccc(Cl)c21. The van der Waals surface area contributed by atoms with Crippen molar-refractivity contribution in [3.05, 3.63) is 23.2 Å². The van der Waals surface area contributed by atoms with Crippen LogP contribution in [0.3, 0.4) is 0 Å². The van der Waals surface area contributed by atoms with Gasteiger partial charge in [-0.2, -0.15) is 0 Å². The Hall–Kier alpha value is -0.890. The van der Waals surface area contributed by atoms with Crippen molar-refractivity contribution in [3.63, 3.8) is 0 Å². The van der Waals surface area contributed by atoms with E-state index in [2.05, 4.69) is 30.1 Å². The van der Waals surface area contributed by atoms with E-state index in [1.165, 1.54) is 5.69 Å². The maximum Gasteiger partial charge on any atom is 0.0791 e. The molecule has 0 fully saturated rings. The van der Waals surface area contributed by atoms with Gasteiger partial charge in [-0.3, -0.25) is 0 Å². The lowest BCUT2D eigenvalue weighted by atomic mass is 10.1. The molecule has 0 spiro atoms. The van der Waals surface area contributed by atoms with Gasteiger partial charge in [0.05, 0.1) is 16.4 Å². The molecule has 0 saturated carbocycles. The number of hydrogen-bond donors (Lipinski definition) is 1. The second-order valence-electron chi connectivity index (χ2n) is 4.40. The summed E-state index contributed by atoms with van der Waals surface area (Å²) in [4.78, 5) is 2.37. The Bertz CT molecular complexity index is 349. The van der Waals surface area contributed by atoms with Gasteiger partial charge in [-0.1, -0.05) is 31.5 Å². The molecule has 1 aromatic carbocycles. The lowest BCUT2D eigenvalue weighted by Crippen LogP contribution is -2.36. The molecule has 0 aliphatic carbocycles. The van der Waals surface area contributed by atoms with Gasteiger partial charge in [0.1, 0.15) is 0 Å². The third-order valence-corrected chi connectivity index (χ3v) is 2.89. The van der Waals surface area contributed by atoms with Crippen molar-refractivity contribution in [2.75, 3.05) is 29.9 Å². The van der Waals surface area contributed by atoms with Crippen molar-refractivity contribution in [2.45, 2.75) is 13.8 Å². The van der Waals surface area contributed by atoms with Crippen LogP contribution in [0.2, 0.25) is 5.02 Å². The molecule has 1 heterocycles. The van der Waals surface area contributed by atoms with Crippen LogP contribution in [0.4, 0.5) is 11.4 Å². The second-order valence-corrected chi connectivity index (χ2v) is 4.81. The fourth-order valence-electron chi connectivity index (χ4n) is 2.04. The quantitative estimate of drug-likeness (QED) is 0.830. The number of benzene rings is 1. The highest BCUT2D eigenvalue weighted by Crippen LogP contribution is 2.36. The molecule has 0 saturated heterocycles. The summed E-state index contributed by atoms with van der Waals surface area (Å²) in [5.41, 5.74) is 2.33. The molecule has 3 heteroatoms. The number of hydrogen-bond acceptors (Lipinski definition) is 2. The lowest BCUT2D eigenvalue weighted by Gasteiger charge is -2.34. The van der Waals surface area contributed by atoms with Gasteiger partial charge in [-0.15, -0.1) is 0 Å². The highest BCUT2D eigenvalue weighted by atomic mass is 35.5. The summed E-state index contributed by atoms with van der Waals surface area (Å²) in [6.07, 6.45) is 0. The van der Waals surface area contributed by atoms with Crippen molar-refractivity contribution in [1.29, 1.82) is 0 Å². The first-order valence-electron chi connectivity index (χ1n) is 5.46. The van der Waals surface area contributed by atoms with Crippen LogP contribution in [-0.2, 0) is 0 Å². The standard InChI is InChI=1S/C12H17ClN2/c1-9(2)8-15-7-6-14-11-5-3-4-10(13)12(11)15/h3-5,9,14H,6-8H2,1-2H3. The van der Waals surface area contributed by atoms with Crippen LogP contribution in [-0.4, -0.2) is 19.6 Å². The van der Waals surface area contributed by atoms with Crippen LogP contribution >= 0.6 is 11.6 Å². The number of nitrogens with zero attached hydrogens (tertiary/aromatic N) is 1. The van der Waals surface area contributed by atoms with E-state index in [1.54, 1.807) is 0 Å². The minimum absolute atomic E-state index is 0.659. The first-order valence-corrected chi connectivity index (χ1v) is 5.83. The van der Waals surface area contributed by atoms with Crippen molar-refractivity contribution in [1.82, 2.24) is 0 Å². The molecule has 0 bridgehead atoms. The zero-order chi connectivity index (χ0) is 10.8. The van der Waals surface area contributed by atoms with Crippen LogP contribution in [0.1, 0.15) is 13.8 Å². The third kappa shape index (κ3) is 2.20. The van der Waals surface area contributed by atoms with Gasteiger partial charge in [-0.05, 0) is 18.1 Å². The van der Waals surface area contributed by atoms with E-state index in [9.17, 15) is 0 Å². The topological polar surface area (TPSA) is 15.3 Å². The Morgan fingerprint density at radius 2 is 2.27 bits per heavy atom. The van der Waals surface area contributed by atoms with Crippen LogP contribution in [0.5, 0.6) is 0 Å². The lowest BCUT2D eigenvalue weighted by molar-refractivity contribution is 0.610. The highest BCUT2D eigenvalue weighted by molar-refractivity contribution is 6.34. The summed E-state index contributed by atoms with van der Waals surface area (Å²) in [5.74, 6) is 0.659. The smallest absolute Gasteiger partial charge is 0.0791 e. The van der Waals surface area contributed by atoms with Gasteiger partial charge < -0.3 is 10.2 Å². The molecule has 1 aliphatic heterocycles. The first-order chi connectivity index (χ1) is 7.18. The minimum atomic E-state index is 0.659. The molecule has 1 aliphatic rings. The number of fused-ring (bicyclic) bond motifs is 1. The minimum Gasteiger partial charge on any atom is -0.382 e. The van der Waals surface area contributed by atoms with E-state index in [4.69, 9.17) is 11.6 Å². The predicted molar refractivity (Wildman–Crippen MR) is 67.0 cm³/mol. The normalized spacial score (nSPS) is 15.1. The van der Waals surface area contributed by atoms with Gasteiger partial charge in [0.15, 0.2) is 0 Å². The molecule has 0 unspecified atom stereocenters. The molecule has 1 N–H and O–H groups in total. The van der Waals surface area contributed by atoms with E-state index in [-0.39, 0.29) is 0 Å². The van der Waals surface area contributed by atoms with Gasteiger partial charge in [-0.25, -0.2) is 0 Å². The Morgan fingerprint density at radius 3 is 3.00 bits per heavy atom. The summed E-state index contributed by atoms with van der Waals surface area (Å²) in [7, 11) is 0. The van der Waals surface area contributed by atoms with E-state index in [0.29, 0.717) is 5.92 Å². The molecule has 1 aromatic rings. The number of rotatable bonds is 2. The number of nitrogens with one attached hydrogen (secondary N) is 1. The van der Waals surface area contributed by atoms with Crippen molar-refractivity contribution >= 4 is 23.0 Å². The van der Waals surface area contributed by atoms with E-state index in [1.807, 2.05) is 12.1 Å². The number of para-hydroxylation sites is 1. The molecular weight excluding hydrogens is 208 g/mol. The van der Waals surface area contributed by atoms with Crippen molar-refractivity contribution in [3.8, 4) is 0 Å². The second kappa shape index (κ2) is 4.31. The number of anilines is 2. The summed E-state index contributed by atoms with van der Waals surface area (Å²) < 4.78 is 0. The van der Waals surface area contributed by atoms with Gasteiger partial charge in [0.25, 0.3) is 0 Å². The molecule has 0 amide bonds. The third-order valence-electron chi connectivity index (χ3n) is 2.59. The van der Waals surface area contributed by atoms with E-state index < -0.39 is 0 Å². The van der Waals surface area contributed by atoms with E-state index >= 15 is 0 Å². The zero-order valence-corrected chi connectivity index (χ0v) is 10.0. The summed E-state index contributed by atoms with van der Waals surface area (Å²) in [6.45, 7) is 7.57. The Morgan fingerprint density at radius 1 is 1.47 bits per heavy atom. The average Bonchev–Trinajstić information content (AvgIpc) is 2.17. The summed E-state index contributed by atoms with van der Waals surface area (Å²) in [6, 6.07) is 6.04. The maximum atomic E-state index is 6.24. The molecule has 0 aromatic heterocycles. The number of halogens is 1. The van der Waals surface area contributed by atoms with Crippen LogP contribution in [0.15, 0.2) is 18.2 Å². The largest absolute Gasteiger partial charge is 0.382 e. The molecule has 2 nitrogen and oxygen atoms in total. The van der Waals surface area contributed by atoms with E-state index in [0.717, 1.165) is 30.3 Å². The molecule has 0 radical (unpaired) electrons. The van der Waals surface area contributed by atoms with Gasteiger partial charge >= 0.3 is 0 Å². The van der Waals surface area contributed by atoms with Gasteiger partial charge in [0.2, 0.25) is 0 Å². The molecule has 15 heavy (non-hydrogen) atoms. The monoisotopic (exact) mass is 224 g/mol. The van der Waals surface area contributed by atoms with Crippen molar-refractivity contribution in [2.24, 2.45) is 5.92 Å². The Labute approximate surface area is 96.2 Å². The van der Waals surface area contributed by atoms with Gasteiger partial charge in [0, 0.05) is 19.6 Å². The fraction of sp³-hybridized carbons (Fsp3) is 0.500. The maximum absolute atomic E-state index is 6.24. The van der Waals surface area contributed by atoms with Crippen LogP contribution in [0.25, 0.3) is 0 Å². The fourth-order valence-corrected chi connectivity index (χ4v) is 2.33. The van der Waals surface area contributed by atoms with Crippen LogP contribution < -0.4 is 10.2 Å². The zero-order valence-electron chi connectivity index (χ0n) is 9.26. The Balaban J connectivity index is 2.32. The molecule has 82 valence electrons. The molecular formula is C12H17ClN2. The van der Waals surface area contributed by atoms with Crippen molar-refractivity contribution < 1.29 is 0 Å². The predicted octanol–water partition coefficient (Wildman–Crippen LogP) is 3.23. The first kappa shape index (κ1) is 10.6. The summed E-state index contributed by atoms with van der Waals surface area (Å²) >= 11 is 6.24.